The molecule has 3 amide bonds. The number of nitrogens with zero attached hydrogens (tertiary/aromatic N) is 2. The van der Waals surface area contributed by atoms with E-state index in [0.717, 1.165) is 6.08 Å². The van der Waals surface area contributed by atoms with E-state index in [2.05, 4.69) is 31.1 Å². The van der Waals surface area contributed by atoms with Crippen molar-refractivity contribution >= 4 is 29.3 Å². The maximum atomic E-state index is 14.8. The highest BCUT2D eigenvalue weighted by Gasteiger charge is 2.48. The summed E-state index contributed by atoms with van der Waals surface area (Å²) >= 11 is 0. The van der Waals surface area contributed by atoms with Crippen molar-refractivity contribution in [3.63, 3.8) is 0 Å². The number of rotatable bonds is 14. The SMILES string of the molecule is CCOC(=O)c1noc([C@@H](NC(=O)C2(NC(=O)C(NC(=O)Cc3ccccc3F)C(C)CC)CCc3[nH]c4c(c3C2)CCC=C4C(F)(F)F)C(C)CC)n1. The summed E-state index contributed by atoms with van der Waals surface area (Å²) in [5.41, 5.74) is -0.921. The first-order chi connectivity index (χ1) is 25.6. The van der Waals surface area contributed by atoms with Crippen LogP contribution in [0.25, 0.3) is 5.57 Å². The molecule has 16 heteroatoms. The number of halogens is 4. The second-order valence-corrected chi connectivity index (χ2v) is 14.1. The predicted octanol–water partition coefficient (Wildman–Crippen LogP) is 5.63. The Kier molecular flexibility index (Phi) is 12.3. The number of aryl methyl sites for hydroxylation is 1. The lowest BCUT2D eigenvalue weighted by molar-refractivity contribution is -0.137. The van der Waals surface area contributed by atoms with Gasteiger partial charge in [0.15, 0.2) is 0 Å². The minimum atomic E-state index is -4.61. The van der Waals surface area contributed by atoms with Crippen molar-refractivity contribution in [2.24, 2.45) is 11.8 Å². The van der Waals surface area contributed by atoms with Crippen LogP contribution in [0.1, 0.15) is 111 Å². The summed E-state index contributed by atoms with van der Waals surface area (Å²) in [6.45, 7) is 8.96. The van der Waals surface area contributed by atoms with Gasteiger partial charge in [0.05, 0.1) is 24.3 Å². The number of H-pyrrole nitrogens is 1. The Hall–Kier alpha value is -5.02. The van der Waals surface area contributed by atoms with E-state index in [4.69, 9.17) is 9.26 Å². The van der Waals surface area contributed by atoms with Crippen LogP contribution in [0.3, 0.4) is 0 Å². The van der Waals surface area contributed by atoms with Gasteiger partial charge in [-0.3, -0.25) is 14.4 Å². The first-order valence-electron chi connectivity index (χ1n) is 18.3. The van der Waals surface area contributed by atoms with Crippen molar-refractivity contribution < 1.29 is 46.0 Å². The van der Waals surface area contributed by atoms with E-state index in [1.54, 1.807) is 19.9 Å². The Balaban J connectivity index is 1.51. The zero-order valence-electron chi connectivity index (χ0n) is 30.9. The summed E-state index contributed by atoms with van der Waals surface area (Å²) in [5.74, 6) is -4.51. The largest absolute Gasteiger partial charge is 0.460 e. The number of aromatic nitrogens is 3. The van der Waals surface area contributed by atoms with Crippen molar-refractivity contribution in [2.75, 3.05) is 6.61 Å². The van der Waals surface area contributed by atoms with Gasteiger partial charge < -0.3 is 30.2 Å². The molecular formula is C38H46F4N6O6. The first kappa shape index (κ1) is 40.2. The fourth-order valence-electron chi connectivity index (χ4n) is 7.03. The summed E-state index contributed by atoms with van der Waals surface area (Å²) in [4.78, 5) is 61.8. The molecule has 2 aliphatic carbocycles. The molecule has 4 unspecified atom stereocenters. The van der Waals surface area contributed by atoms with Crippen LogP contribution in [-0.2, 0) is 44.8 Å². The topological polar surface area (TPSA) is 168 Å². The van der Waals surface area contributed by atoms with Crippen molar-refractivity contribution in [1.82, 2.24) is 31.1 Å². The predicted molar refractivity (Wildman–Crippen MR) is 188 cm³/mol. The van der Waals surface area contributed by atoms with Crippen LogP contribution in [0, 0.1) is 17.7 Å². The van der Waals surface area contributed by atoms with Gasteiger partial charge in [0, 0.05) is 12.1 Å². The lowest BCUT2D eigenvalue weighted by Crippen LogP contribution is -2.65. The molecule has 2 aliphatic rings. The van der Waals surface area contributed by atoms with Crippen LogP contribution in [-0.4, -0.2) is 63.2 Å². The van der Waals surface area contributed by atoms with Gasteiger partial charge >= 0.3 is 12.1 Å². The number of carbonyl (C=O) groups is 4. The molecule has 2 aromatic heterocycles. The molecule has 0 spiro atoms. The number of aromatic amines is 1. The fraction of sp³-hybridized carbons (Fsp3) is 0.526. The number of allylic oxidation sites excluding steroid dienone is 2. The van der Waals surface area contributed by atoms with E-state index in [9.17, 15) is 36.7 Å². The number of carbonyl (C=O) groups excluding carboxylic acids is 4. The third-order valence-corrected chi connectivity index (χ3v) is 10.5. The second kappa shape index (κ2) is 16.6. The molecule has 0 saturated carbocycles. The Morgan fingerprint density at radius 1 is 1.02 bits per heavy atom. The third kappa shape index (κ3) is 8.52. The number of amides is 3. The average molecular weight is 759 g/mol. The van der Waals surface area contributed by atoms with Gasteiger partial charge in [-0.25, -0.2) is 9.18 Å². The number of ether oxygens (including phenoxy) is 1. The molecule has 54 heavy (non-hydrogen) atoms. The minimum Gasteiger partial charge on any atom is -0.460 e. The van der Waals surface area contributed by atoms with E-state index in [0.29, 0.717) is 36.1 Å². The molecule has 1 aromatic carbocycles. The molecule has 2 heterocycles. The fourth-order valence-corrected chi connectivity index (χ4v) is 7.03. The molecule has 4 N–H and O–H groups in total. The van der Waals surface area contributed by atoms with Crippen LogP contribution in [0.15, 0.2) is 34.9 Å². The lowest BCUT2D eigenvalue weighted by atomic mass is 9.76. The summed E-state index contributed by atoms with van der Waals surface area (Å²) in [7, 11) is 0. The number of hydrogen-bond acceptors (Lipinski definition) is 8. The summed E-state index contributed by atoms with van der Waals surface area (Å²) in [5, 5.41) is 12.3. The van der Waals surface area contributed by atoms with E-state index in [1.165, 1.54) is 18.2 Å². The average Bonchev–Trinajstić information content (AvgIpc) is 3.78. The maximum Gasteiger partial charge on any atom is 0.418 e. The monoisotopic (exact) mass is 758 g/mol. The molecule has 0 fully saturated rings. The molecule has 5 rings (SSSR count). The molecule has 0 aliphatic heterocycles. The molecule has 12 nitrogen and oxygen atoms in total. The third-order valence-electron chi connectivity index (χ3n) is 10.5. The zero-order valence-corrected chi connectivity index (χ0v) is 30.9. The molecule has 3 aromatic rings. The van der Waals surface area contributed by atoms with Gasteiger partial charge in [0.2, 0.25) is 23.6 Å². The van der Waals surface area contributed by atoms with Crippen LogP contribution >= 0.6 is 0 Å². The van der Waals surface area contributed by atoms with Crippen LogP contribution in [0.2, 0.25) is 0 Å². The van der Waals surface area contributed by atoms with Crippen LogP contribution in [0.5, 0.6) is 0 Å². The normalized spacial score (nSPS) is 18.9. The van der Waals surface area contributed by atoms with Crippen LogP contribution in [0.4, 0.5) is 17.6 Å². The molecule has 0 radical (unpaired) electrons. The zero-order chi connectivity index (χ0) is 39.4. The number of hydrogen-bond donors (Lipinski definition) is 4. The number of fused-ring (bicyclic) bond motifs is 3. The Morgan fingerprint density at radius 2 is 1.74 bits per heavy atom. The summed E-state index contributed by atoms with van der Waals surface area (Å²) in [6, 6.07) is 3.71. The maximum absolute atomic E-state index is 14.8. The van der Waals surface area contributed by atoms with Gasteiger partial charge in [-0.2, -0.15) is 18.2 Å². The highest BCUT2D eigenvalue weighted by atomic mass is 19.4. The van der Waals surface area contributed by atoms with Crippen molar-refractivity contribution in [3.05, 3.63) is 76.0 Å². The minimum absolute atomic E-state index is 0.0104. The quantitative estimate of drug-likeness (QED) is 0.121. The highest BCUT2D eigenvalue weighted by molar-refractivity contribution is 5.96. The Morgan fingerprint density at radius 3 is 2.41 bits per heavy atom. The molecule has 0 bridgehead atoms. The van der Waals surface area contributed by atoms with Crippen LogP contribution < -0.4 is 16.0 Å². The standard InChI is InChI=1S/C38H46F4N6O6/c1-6-20(4)29(44-28(49)18-22-12-9-10-15-26(22)39)33(50)47-37(17-16-27-24(19-37)23-13-11-14-25(31(23)43-27)38(40,41)42)36(52)45-30(21(5)7-2)34-46-32(48-54-34)35(51)53-8-3/h9-10,12,14-15,20-21,29-30,43H,6-8,11,13,16-19H2,1-5H3,(H,44,49)(H,45,52)(H,47,50)/t20?,21?,29?,30-,37?/m0/s1. The number of benzene rings is 1. The van der Waals surface area contributed by atoms with Gasteiger partial charge in [0.1, 0.15) is 23.4 Å². The number of nitrogens with one attached hydrogen (secondary N) is 4. The van der Waals surface area contributed by atoms with E-state index >= 15 is 0 Å². The van der Waals surface area contributed by atoms with Gasteiger partial charge in [-0.15, -0.1) is 0 Å². The molecule has 5 atom stereocenters. The highest BCUT2D eigenvalue weighted by Crippen LogP contribution is 2.43. The summed E-state index contributed by atoms with van der Waals surface area (Å²) < 4.78 is 67.1. The van der Waals surface area contributed by atoms with Gasteiger partial charge in [-0.05, 0) is 72.4 Å². The number of alkyl halides is 3. The molecule has 0 saturated heterocycles. The Labute approximate surface area is 310 Å². The van der Waals surface area contributed by atoms with E-state index in [-0.39, 0.29) is 67.6 Å². The first-order valence-corrected chi connectivity index (χ1v) is 18.3. The van der Waals surface area contributed by atoms with Crippen molar-refractivity contribution in [2.45, 2.75) is 110 Å². The molecule has 292 valence electrons. The van der Waals surface area contributed by atoms with E-state index < -0.39 is 64.8 Å². The lowest BCUT2D eigenvalue weighted by Gasteiger charge is -2.40. The van der Waals surface area contributed by atoms with Crippen molar-refractivity contribution in [3.8, 4) is 0 Å². The van der Waals surface area contributed by atoms with E-state index in [1.807, 2.05) is 20.8 Å². The van der Waals surface area contributed by atoms with Gasteiger partial charge in [-0.1, -0.05) is 64.8 Å². The van der Waals surface area contributed by atoms with Crippen molar-refractivity contribution in [1.29, 1.82) is 0 Å². The number of esters is 1. The molecular weight excluding hydrogens is 712 g/mol. The smallest absolute Gasteiger partial charge is 0.418 e. The second-order valence-electron chi connectivity index (χ2n) is 14.1. The van der Waals surface area contributed by atoms with Gasteiger partial charge in [0.25, 0.3) is 5.82 Å². The Bertz CT molecular complexity index is 1900. The summed E-state index contributed by atoms with van der Waals surface area (Å²) in [6.07, 6.45) is -2.42.